The van der Waals surface area contributed by atoms with Crippen molar-refractivity contribution in [2.24, 2.45) is 0 Å². The number of nitrogens with zero attached hydrogens (tertiary/aromatic N) is 1. The van der Waals surface area contributed by atoms with Gasteiger partial charge in [0.15, 0.2) is 12.6 Å². The fourth-order valence-corrected chi connectivity index (χ4v) is 3.36. The first kappa shape index (κ1) is 18.4. The lowest BCUT2D eigenvalue weighted by molar-refractivity contribution is -0.885. The van der Waals surface area contributed by atoms with Gasteiger partial charge in [-0.25, -0.2) is 0 Å². The van der Waals surface area contributed by atoms with E-state index < -0.39 is 0 Å². The van der Waals surface area contributed by atoms with E-state index in [1.807, 2.05) is 49.2 Å². The van der Waals surface area contributed by atoms with Gasteiger partial charge in [-0.1, -0.05) is 41.9 Å². The first-order chi connectivity index (χ1) is 12.5. The second kappa shape index (κ2) is 7.89. The average molecular weight is 373 g/mol. The van der Waals surface area contributed by atoms with Crippen LogP contribution in [0.3, 0.4) is 0 Å². The Labute approximate surface area is 158 Å². The number of quaternary nitrogens is 1. The minimum absolute atomic E-state index is 0.0398. The maximum atomic E-state index is 12.9. The summed E-state index contributed by atoms with van der Waals surface area (Å²) in [5, 5.41) is 3.30. The molecular formula is C20H23ClN3O2+. The van der Waals surface area contributed by atoms with Crippen molar-refractivity contribution in [1.29, 1.82) is 0 Å². The maximum absolute atomic E-state index is 12.9. The number of hydrogen-bond acceptors (Lipinski definition) is 2. The lowest BCUT2D eigenvalue weighted by Crippen LogP contribution is -3.15. The summed E-state index contributed by atoms with van der Waals surface area (Å²) in [6.07, 6.45) is 0.876. The van der Waals surface area contributed by atoms with Gasteiger partial charge in [0.2, 0.25) is 0 Å². The molecule has 0 aromatic heterocycles. The molecule has 0 saturated carbocycles. The average Bonchev–Trinajstić information content (AvgIpc) is 3.06. The van der Waals surface area contributed by atoms with E-state index in [2.05, 4.69) is 11.4 Å². The summed E-state index contributed by atoms with van der Waals surface area (Å²) < 4.78 is 0. The smallest absolute Gasteiger partial charge is 0.284 e. The van der Waals surface area contributed by atoms with E-state index in [0.717, 1.165) is 17.0 Å². The van der Waals surface area contributed by atoms with Crippen molar-refractivity contribution in [2.75, 3.05) is 30.4 Å². The molecule has 136 valence electrons. The third-order valence-electron chi connectivity index (χ3n) is 4.85. The first-order valence-corrected chi connectivity index (χ1v) is 9.11. The summed E-state index contributed by atoms with van der Waals surface area (Å²) in [6.45, 7) is 2.75. The highest BCUT2D eigenvalue weighted by Gasteiger charge is 2.32. The molecule has 2 N–H and O–H groups in total. The van der Waals surface area contributed by atoms with Gasteiger partial charge in [-0.2, -0.15) is 0 Å². The lowest BCUT2D eigenvalue weighted by Gasteiger charge is -2.25. The molecule has 26 heavy (non-hydrogen) atoms. The Bertz CT molecular complexity index is 824. The number of likely N-dealkylation sites (N-methyl/N-ethyl adjacent to an activating group) is 1. The molecule has 0 bridgehead atoms. The Hall–Kier alpha value is -2.37. The molecule has 0 aliphatic carbocycles. The van der Waals surface area contributed by atoms with Gasteiger partial charge < -0.3 is 15.1 Å². The number of carbonyl (C=O) groups excluding carboxylic acids is 2. The number of para-hydroxylation sites is 2. The Morgan fingerprint density at radius 1 is 1.19 bits per heavy atom. The molecule has 1 aliphatic rings. The largest absolute Gasteiger partial charge is 0.320 e. The Balaban J connectivity index is 1.61. The fourth-order valence-electron chi connectivity index (χ4n) is 3.18. The molecule has 0 radical (unpaired) electrons. The van der Waals surface area contributed by atoms with Crippen LogP contribution in [0.15, 0.2) is 48.5 Å². The molecule has 1 heterocycles. The molecular weight excluding hydrogens is 350 g/mol. The zero-order valence-corrected chi connectivity index (χ0v) is 15.7. The molecule has 2 atom stereocenters. The van der Waals surface area contributed by atoms with Gasteiger partial charge in [-0.3, -0.25) is 9.59 Å². The summed E-state index contributed by atoms with van der Waals surface area (Å²) in [5.74, 6) is -0.130. The number of rotatable bonds is 5. The van der Waals surface area contributed by atoms with E-state index in [4.69, 9.17) is 11.6 Å². The second-order valence-electron chi connectivity index (χ2n) is 6.64. The van der Waals surface area contributed by atoms with Crippen LogP contribution in [0.5, 0.6) is 0 Å². The molecule has 1 unspecified atom stereocenters. The molecule has 0 fully saturated rings. The van der Waals surface area contributed by atoms with Crippen molar-refractivity contribution < 1.29 is 14.5 Å². The minimum atomic E-state index is -0.321. The van der Waals surface area contributed by atoms with Crippen LogP contribution in [0.2, 0.25) is 5.02 Å². The van der Waals surface area contributed by atoms with E-state index in [-0.39, 0.29) is 24.4 Å². The Kier molecular flexibility index (Phi) is 5.59. The quantitative estimate of drug-likeness (QED) is 0.840. The summed E-state index contributed by atoms with van der Waals surface area (Å²) in [7, 11) is 1.86. The van der Waals surface area contributed by atoms with Crippen LogP contribution in [-0.2, 0) is 16.0 Å². The van der Waals surface area contributed by atoms with Crippen molar-refractivity contribution >= 4 is 34.8 Å². The third-order valence-corrected chi connectivity index (χ3v) is 5.18. The van der Waals surface area contributed by atoms with Gasteiger partial charge >= 0.3 is 0 Å². The summed E-state index contributed by atoms with van der Waals surface area (Å²) in [5.41, 5.74) is 2.76. The van der Waals surface area contributed by atoms with E-state index in [1.165, 1.54) is 5.56 Å². The maximum Gasteiger partial charge on any atom is 0.284 e. The predicted octanol–water partition coefficient (Wildman–Crippen LogP) is 1.77. The number of halogens is 1. The molecule has 5 nitrogen and oxygen atoms in total. The van der Waals surface area contributed by atoms with Crippen LogP contribution in [0.4, 0.5) is 11.4 Å². The molecule has 2 aromatic rings. The first-order valence-electron chi connectivity index (χ1n) is 8.73. The van der Waals surface area contributed by atoms with Crippen molar-refractivity contribution in [1.82, 2.24) is 0 Å². The monoisotopic (exact) mass is 372 g/mol. The topological polar surface area (TPSA) is 53.9 Å². The van der Waals surface area contributed by atoms with Gasteiger partial charge in [0.05, 0.1) is 17.8 Å². The van der Waals surface area contributed by atoms with Crippen LogP contribution in [-0.4, -0.2) is 38.0 Å². The number of benzene rings is 2. The van der Waals surface area contributed by atoms with Crippen LogP contribution in [0, 0.1) is 0 Å². The lowest BCUT2D eigenvalue weighted by atomic mass is 10.2. The summed E-state index contributed by atoms with van der Waals surface area (Å²) >= 11 is 6.07. The Morgan fingerprint density at radius 2 is 1.88 bits per heavy atom. The minimum Gasteiger partial charge on any atom is -0.320 e. The molecule has 3 rings (SSSR count). The van der Waals surface area contributed by atoms with E-state index in [9.17, 15) is 9.59 Å². The van der Waals surface area contributed by atoms with Gasteiger partial charge in [-0.15, -0.1) is 0 Å². The van der Waals surface area contributed by atoms with Crippen molar-refractivity contribution in [3.05, 3.63) is 59.1 Å². The zero-order valence-electron chi connectivity index (χ0n) is 15.0. The number of carbonyl (C=O) groups is 2. The van der Waals surface area contributed by atoms with Gasteiger partial charge in [-0.05, 0) is 37.1 Å². The van der Waals surface area contributed by atoms with Crippen LogP contribution in [0.1, 0.15) is 12.5 Å². The normalized spacial score (nSPS) is 15.3. The van der Waals surface area contributed by atoms with Crippen LogP contribution < -0.4 is 15.1 Å². The van der Waals surface area contributed by atoms with Gasteiger partial charge in [0.25, 0.3) is 11.8 Å². The molecule has 1 aliphatic heterocycles. The van der Waals surface area contributed by atoms with Gasteiger partial charge in [0.1, 0.15) is 0 Å². The number of amides is 2. The molecule has 0 spiro atoms. The second-order valence-corrected chi connectivity index (χ2v) is 7.05. The molecule has 6 heteroatoms. The zero-order chi connectivity index (χ0) is 18.7. The number of nitrogens with one attached hydrogen (secondary N) is 2. The number of fused-ring (bicyclic) bond motifs is 1. The fraction of sp³-hybridized carbons (Fsp3) is 0.300. The third kappa shape index (κ3) is 3.89. The molecule has 2 aromatic carbocycles. The van der Waals surface area contributed by atoms with E-state index >= 15 is 0 Å². The highest BCUT2D eigenvalue weighted by atomic mass is 35.5. The van der Waals surface area contributed by atoms with Crippen molar-refractivity contribution in [3.63, 3.8) is 0 Å². The predicted molar refractivity (Wildman–Crippen MR) is 104 cm³/mol. The van der Waals surface area contributed by atoms with E-state index in [1.54, 1.807) is 12.1 Å². The Morgan fingerprint density at radius 3 is 2.65 bits per heavy atom. The van der Waals surface area contributed by atoms with Gasteiger partial charge in [0, 0.05) is 12.2 Å². The summed E-state index contributed by atoms with van der Waals surface area (Å²) in [6, 6.07) is 14.8. The molecule has 2 amide bonds. The summed E-state index contributed by atoms with van der Waals surface area (Å²) in [4.78, 5) is 27.9. The standard InChI is InChI=1S/C20H22ClN3O2/c1-14(20(26)24-12-11-15-7-3-6-10-18(15)24)23(2)13-19(25)22-17-9-5-4-8-16(17)21/h3-10,14H,11-13H2,1-2H3,(H,22,25)/p+1/t14-/m1/s1. The van der Waals surface area contributed by atoms with Crippen LogP contribution in [0.25, 0.3) is 0 Å². The van der Waals surface area contributed by atoms with Crippen molar-refractivity contribution in [2.45, 2.75) is 19.4 Å². The van der Waals surface area contributed by atoms with Crippen molar-refractivity contribution in [3.8, 4) is 0 Å². The SMILES string of the molecule is C[C@H](C(=O)N1CCc2ccccc21)[NH+](C)CC(=O)Nc1ccccc1Cl. The number of hydrogen-bond donors (Lipinski definition) is 2. The van der Waals surface area contributed by atoms with Crippen LogP contribution >= 0.6 is 11.6 Å². The highest BCUT2D eigenvalue weighted by molar-refractivity contribution is 6.33. The number of anilines is 2. The molecule has 0 saturated heterocycles. The van der Waals surface area contributed by atoms with E-state index in [0.29, 0.717) is 17.3 Å². The highest BCUT2D eigenvalue weighted by Crippen LogP contribution is 2.27.